The second kappa shape index (κ2) is 23.5. The summed E-state index contributed by atoms with van der Waals surface area (Å²) in [6, 6.07) is 0. The highest BCUT2D eigenvalue weighted by Crippen LogP contribution is 2.44. The van der Waals surface area contributed by atoms with Gasteiger partial charge in [-0.1, -0.05) is 112 Å². The van der Waals surface area contributed by atoms with E-state index < -0.39 is 39.0 Å². The van der Waals surface area contributed by atoms with E-state index in [2.05, 4.69) is 23.6 Å². The SMILES string of the molecule is CCCCCCCCCC=CC=CC=CC=CC=CC=CC(=O)C(CN)OP(=O)(O)OCC(O)CO. The molecule has 0 radical (unpaired) electrons. The number of ketones is 1. The predicted octanol–water partition coefficient (Wildman–Crippen LogP) is 4.85. The molecule has 0 aliphatic heterocycles. The largest absolute Gasteiger partial charge is 0.473 e. The topological polar surface area (TPSA) is 139 Å². The highest BCUT2D eigenvalue weighted by atomic mass is 31.2. The number of hydrogen-bond acceptors (Lipinski definition) is 7. The number of phosphoric ester groups is 1. The second-order valence-corrected chi connectivity index (χ2v) is 9.48. The van der Waals surface area contributed by atoms with Crippen molar-refractivity contribution in [2.24, 2.45) is 5.73 Å². The van der Waals surface area contributed by atoms with Crippen LogP contribution in [0, 0.1) is 0 Å². The highest BCUT2D eigenvalue weighted by Gasteiger charge is 2.29. The molecule has 5 N–H and O–H groups in total. The summed E-state index contributed by atoms with van der Waals surface area (Å²) >= 11 is 0. The number of nitrogens with two attached hydrogens (primary N) is 1. The smallest absolute Gasteiger partial charge is 0.394 e. The van der Waals surface area contributed by atoms with Crippen LogP contribution in [0.25, 0.3) is 0 Å². The van der Waals surface area contributed by atoms with Crippen LogP contribution in [0.1, 0.15) is 58.3 Å². The van der Waals surface area contributed by atoms with Crippen molar-refractivity contribution in [3.05, 3.63) is 72.9 Å². The van der Waals surface area contributed by atoms with Crippen molar-refractivity contribution >= 4 is 13.6 Å². The Morgan fingerprint density at radius 3 is 1.97 bits per heavy atom. The molecule has 9 heteroatoms. The van der Waals surface area contributed by atoms with Gasteiger partial charge in [0.15, 0.2) is 5.78 Å². The molecule has 0 aromatic carbocycles. The molecule has 0 aromatic heterocycles. The first kappa shape index (κ1) is 34.1. The van der Waals surface area contributed by atoms with E-state index in [0.717, 1.165) is 6.42 Å². The Labute approximate surface area is 216 Å². The summed E-state index contributed by atoms with van der Waals surface area (Å²) < 4.78 is 21.1. The van der Waals surface area contributed by atoms with E-state index in [0.29, 0.717) is 0 Å². The fourth-order valence-corrected chi connectivity index (χ4v) is 3.73. The van der Waals surface area contributed by atoms with Crippen molar-refractivity contribution in [2.45, 2.75) is 70.5 Å². The van der Waals surface area contributed by atoms with Gasteiger partial charge < -0.3 is 20.8 Å². The maximum Gasteiger partial charge on any atom is 0.473 e. The summed E-state index contributed by atoms with van der Waals surface area (Å²) in [5.41, 5.74) is 5.43. The summed E-state index contributed by atoms with van der Waals surface area (Å²) in [7, 11) is -4.62. The first-order chi connectivity index (χ1) is 17.4. The third-order valence-electron chi connectivity index (χ3n) is 4.80. The van der Waals surface area contributed by atoms with Crippen LogP contribution in [-0.4, -0.2) is 52.9 Å². The third kappa shape index (κ3) is 21.4. The number of phosphoric acid groups is 1. The molecule has 0 fully saturated rings. The molecule has 0 aliphatic rings. The quantitative estimate of drug-likeness (QED) is 0.0681. The highest BCUT2D eigenvalue weighted by molar-refractivity contribution is 7.47. The van der Waals surface area contributed by atoms with Crippen molar-refractivity contribution in [2.75, 3.05) is 19.8 Å². The molecule has 3 unspecified atom stereocenters. The number of allylic oxidation sites excluding steroid dienone is 11. The lowest BCUT2D eigenvalue weighted by Gasteiger charge is -2.18. The molecule has 0 rings (SSSR count). The molecule has 0 aliphatic carbocycles. The minimum Gasteiger partial charge on any atom is -0.394 e. The Balaban J connectivity index is 4.17. The molecule has 3 atom stereocenters. The average molecular weight is 526 g/mol. The first-order valence-corrected chi connectivity index (χ1v) is 14.0. The van der Waals surface area contributed by atoms with E-state index in [4.69, 9.17) is 20.5 Å². The maximum atomic E-state index is 12.1. The molecule has 36 heavy (non-hydrogen) atoms. The standard InChI is InChI=1S/C27H44NO7P/c1-2-3-4-5-6-7-8-9-10-11-12-13-14-15-16-17-18-19-20-21-26(31)27(22-28)35-36(32,33)34-24-25(30)23-29/h10-21,25,27,29-30H,2-9,22-24,28H2,1H3,(H,32,33). The molecular weight excluding hydrogens is 481 g/mol. The Bertz CT molecular complexity index is 787. The van der Waals surface area contributed by atoms with Crippen LogP contribution in [0.15, 0.2) is 72.9 Å². The van der Waals surface area contributed by atoms with Gasteiger partial charge in [0.25, 0.3) is 0 Å². The number of rotatable bonds is 22. The maximum absolute atomic E-state index is 12.1. The molecule has 0 spiro atoms. The van der Waals surface area contributed by atoms with Crippen molar-refractivity contribution in [1.82, 2.24) is 0 Å². The third-order valence-corrected chi connectivity index (χ3v) is 5.80. The van der Waals surface area contributed by atoms with Crippen LogP contribution in [0.5, 0.6) is 0 Å². The van der Waals surface area contributed by atoms with Gasteiger partial charge in [-0.2, -0.15) is 0 Å². The van der Waals surface area contributed by atoms with Gasteiger partial charge in [-0.15, -0.1) is 0 Å². The molecule has 0 aromatic rings. The lowest BCUT2D eigenvalue weighted by Crippen LogP contribution is -2.31. The van der Waals surface area contributed by atoms with Gasteiger partial charge in [-0.25, -0.2) is 4.57 Å². The van der Waals surface area contributed by atoms with Gasteiger partial charge in [-0.3, -0.25) is 13.8 Å². The Hall–Kier alpha value is -1.90. The lowest BCUT2D eigenvalue weighted by molar-refractivity contribution is -0.121. The molecular formula is C27H44NO7P. The monoisotopic (exact) mass is 525 g/mol. The minimum absolute atomic E-state index is 0.337. The van der Waals surface area contributed by atoms with Crippen molar-refractivity contribution in [3.63, 3.8) is 0 Å². The molecule has 204 valence electrons. The lowest BCUT2D eigenvalue weighted by atomic mass is 10.1. The van der Waals surface area contributed by atoms with E-state index in [1.165, 1.54) is 57.1 Å². The van der Waals surface area contributed by atoms with E-state index >= 15 is 0 Å². The van der Waals surface area contributed by atoms with Crippen molar-refractivity contribution in [1.29, 1.82) is 0 Å². The Kier molecular flexibility index (Phi) is 22.3. The number of aliphatic hydroxyl groups is 2. The zero-order valence-corrected chi connectivity index (χ0v) is 22.3. The number of hydrogen-bond donors (Lipinski definition) is 4. The van der Waals surface area contributed by atoms with Crippen LogP contribution in [0.4, 0.5) is 0 Å². The van der Waals surface area contributed by atoms with Gasteiger partial charge in [0.1, 0.15) is 12.2 Å². The van der Waals surface area contributed by atoms with Crippen LogP contribution >= 0.6 is 7.82 Å². The number of aliphatic hydroxyl groups excluding tert-OH is 2. The van der Waals surface area contributed by atoms with Gasteiger partial charge in [0.05, 0.1) is 13.2 Å². The van der Waals surface area contributed by atoms with Crippen molar-refractivity contribution < 1.29 is 33.5 Å². The molecule has 0 heterocycles. The summed E-state index contributed by atoms with van der Waals surface area (Å²) in [6.45, 7) is 0.628. The van der Waals surface area contributed by atoms with Crippen LogP contribution in [0.2, 0.25) is 0 Å². The van der Waals surface area contributed by atoms with Crippen LogP contribution in [-0.2, 0) is 18.4 Å². The van der Waals surface area contributed by atoms with Crippen LogP contribution in [0.3, 0.4) is 0 Å². The normalized spacial score (nSPS) is 16.4. The summed E-state index contributed by atoms with van der Waals surface area (Å²) in [6.07, 6.45) is 29.2. The number of unbranched alkanes of at least 4 members (excludes halogenated alkanes) is 7. The molecule has 0 bridgehead atoms. The van der Waals surface area contributed by atoms with E-state index in [9.17, 15) is 14.3 Å². The Morgan fingerprint density at radius 2 is 1.42 bits per heavy atom. The minimum atomic E-state index is -4.62. The predicted molar refractivity (Wildman–Crippen MR) is 145 cm³/mol. The van der Waals surface area contributed by atoms with Crippen molar-refractivity contribution in [3.8, 4) is 0 Å². The van der Waals surface area contributed by atoms with Gasteiger partial charge >= 0.3 is 7.82 Å². The number of carbonyl (C=O) groups excluding carboxylic acids is 1. The summed E-state index contributed by atoms with van der Waals surface area (Å²) in [5.74, 6) is -0.614. The fourth-order valence-electron chi connectivity index (χ4n) is 2.80. The van der Waals surface area contributed by atoms with E-state index in [1.54, 1.807) is 18.2 Å². The van der Waals surface area contributed by atoms with Gasteiger partial charge in [0.2, 0.25) is 0 Å². The first-order valence-electron chi connectivity index (χ1n) is 12.5. The zero-order chi connectivity index (χ0) is 26.9. The average Bonchev–Trinajstić information content (AvgIpc) is 2.87. The molecule has 0 saturated carbocycles. The van der Waals surface area contributed by atoms with E-state index in [1.807, 2.05) is 30.4 Å². The van der Waals surface area contributed by atoms with Gasteiger partial charge in [-0.05, 0) is 18.9 Å². The molecule has 8 nitrogen and oxygen atoms in total. The summed E-state index contributed by atoms with van der Waals surface area (Å²) in [5, 5.41) is 17.8. The Morgan fingerprint density at radius 1 is 0.889 bits per heavy atom. The van der Waals surface area contributed by atoms with Crippen LogP contribution < -0.4 is 5.73 Å². The second-order valence-electron chi connectivity index (χ2n) is 8.07. The molecule has 0 saturated heterocycles. The summed E-state index contributed by atoms with van der Waals surface area (Å²) in [4.78, 5) is 21.7. The molecule has 0 amide bonds. The zero-order valence-electron chi connectivity index (χ0n) is 21.4. The van der Waals surface area contributed by atoms with E-state index in [-0.39, 0.29) is 6.54 Å². The fraction of sp³-hybridized carbons (Fsp3) is 0.519. The van der Waals surface area contributed by atoms with Gasteiger partial charge in [0, 0.05) is 6.54 Å². The number of carbonyl (C=O) groups is 1.